The van der Waals surface area contributed by atoms with Crippen molar-refractivity contribution in [2.45, 2.75) is 38.2 Å². The molecule has 0 aromatic carbocycles. The maximum Gasteiger partial charge on any atom is 0.193 e. The molecule has 0 atom stereocenters. The quantitative estimate of drug-likeness (QED) is 0.203. The predicted octanol–water partition coefficient (Wildman–Crippen LogP) is 2.66. The van der Waals surface area contributed by atoms with Crippen LogP contribution < -0.4 is 5.32 Å². The molecule has 130 valence electrons. The number of hydrogen-bond acceptors (Lipinski definition) is 3. The highest BCUT2D eigenvalue weighted by atomic mass is 127. The van der Waals surface area contributed by atoms with Gasteiger partial charge in [-0.25, -0.2) is 0 Å². The van der Waals surface area contributed by atoms with Crippen molar-refractivity contribution in [3.63, 3.8) is 0 Å². The van der Waals surface area contributed by atoms with E-state index in [0.717, 1.165) is 71.0 Å². The van der Waals surface area contributed by atoms with Gasteiger partial charge in [0.1, 0.15) is 0 Å². The highest BCUT2D eigenvalue weighted by Crippen LogP contribution is 2.10. The van der Waals surface area contributed by atoms with Gasteiger partial charge in [0.2, 0.25) is 0 Å². The van der Waals surface area contributed by atoms with E-state index < -0.39 is 0 Å². The van der Waals surface area contributed by atoms with Gasteiger partial charge in [-0.3, -0.25) is 4.99 Å². The molecule has 0 aromatic rings. The molecule has 5 nitrogen and oxygen atoms in total. The van der Waals surface area contributed by atoms with Crippen molar-refractivity contribution in [3.8, 4) is 0 Å². The second-order valence-corrected chi connectivity index (χ2v) is 5.36. The molecule has 0 aliphatic carbocycles. The molecule has 1 aliphatic rings. The molecule has 0 unspecified atom stereocenters. The first-order chi connectivity index (χ1) is 10.3. The summed E-state index contributed by atoms with van der Waals surface area (Å²) in [4.78, 5) is 6.46. The summed E-state index contributed by atoms with van der Waals surface area (Å²) in [7, 11) is 3.89. The molecule has 6 heteroatoms. The van der Waals surface area contributed by atoms with Crippen LogP contribution in [-0.2, 0) is 9.47 Å². The molecule has 1 fully saturated rings. The van der Waals surface area contributed by atoms with Crippen LogP contribution in [0.2, 0.25) is 0 Å². The van der Waals surface area contributed by atoms with E-state index >= 15 is 0 Å². The zero-order valence-corrected chi connectivity index (χ0v) is 16.4. The van der Waals surface area contributed by atoms with E-state index in [-0.39, 0.29) is 24.0 Å². The van der Waals surface area contributed by atoms with Gasteiger partial charge in [-0.1, -0.05) is 6.08 Å². The number of allylic oxidation sites excluding steroid dienone is 1. The molecule has 1 rings (SSSR count). The maximum absolute atomic E-state index is 5.85. The number of ether oxygens (including phenoxy) is 2. The highest BCUT2D eigenvalue weighted by molar-refractivity contribution is 14.0. The van der Waals surface area contributed by atoms with E-state index in [0.29, 0.717) is 6.10 Å². The molecule has 0 amide bonds. The van der Waals surface area contributed by atoms with Crippen LogP contribution in [0.3, 0.4) is 0 Å². The normalized spacial score (nSPS) is 16.0. The molecule has 0 aromatic heterocycles. The molecule has 0 radical (unpaired) electrons. The maximum atomic E-state index is 5.85. The molecule has 0 spiro atoms. The first-order valence-electron chi connectivity index (χ1n) is 8.00. The monoisotopic (exact) mass is 425 g/mol. The Bertz CT molecular complexity index is 308. The van der Waals surface area contributed by atoms with E-state index in [1.54, 1.807) is 0 Å². The summed E-state index contributed by atoms with van der Waals surface area (Å²) in [6, 6.07) is 0. The predicted molar refractivity (Wildman–Crippen MR) is 103 cm³/mol. The third kappa shape index (κ3) is 9.63. The summed E-state index contributed by atoms with van der Waals surface area (Å²) in [5.74, 6) is 0.949. The lowest BCUT2D eigenvalue weighted by molar-refractivity contribution is -0.0320. The van der Waals surface area contributed by atoms with Crippen molar-refractivity contribution >= 4 is 29.9 Å². The number of guanidine groups is 1. The smallest absolute Gasteiger partial charge is 0.193 e. The number of aliphatic imine (C=N–C) groups is 1. The van der Waals surface area contributed by atoms with Crippen LogP contribution >= 0.6 is 24.0 Å². The SMILES string of the molecule is C=CCCCN(C)C(=NC)NCCCOC1CCOCC1.I. The fourth-order valence-corrected chi connectivity index (χ4v) is 2.33. The van der Waals surface area contributed by atoms with Crippen molar-refractivity contribution in [1.29, 1.82) is 0 Å². The van der Waals surface area contributed by atoms with E-state index in [1.807, 2.05) is 13.1 Å². The Hall–Kier alpha value is -0.340. The third-order valence-corrected chi connectivity index (χ3v) is 3.60. The molecule has 0 bridgehead atoms. The van der Waals surface area contributed by atoms with Crippen molar-refractivity contribution in [3.05, 3.63) is 12.7 Å². The van der Waals surface area contributed by atoms with E-state index in [9.17, 15) is 0 Å². The van der Waals surface area contributed by atoms with Gasteiger partial charge in [0.05, 0.1) is 6.10 Å². The van der Waals surface area contributed by atoms with Crippen molar-refractivity contribution in [2.24, 2.45) is 4.99 Å². The average Bonchev–Trinajstić information content (AvgIpc) is 2.52. The van der Waals surface area contributed by atoms with Crippen molar-refractivity contribution in [1.82, 2.24) is 10.2 Å². The van der Waals surface area contributed by atoms with Gasteiger partial charge in [-0.15, -0.1) is 30.6 Å². The summed E-state index contributed by atoms with van der Waals surface area (Å²) in [5.41, 5.74) is 0. The minimum Gasteiger partial charge on any atom is -0.381 e. The second kappa shape index (κ2) is 14.3. The lowest BCUT2D eigenvalue weighted by Gasteiger charge is -2.23. The average molecular weight is 425 g/mol. The van der Waals surface area contributed by atoms with E-state index in [4.69, 9.17) is 9.47 Å². The first-order valence-corrected chi connectivity index (χ1v) is 8.00. The Morgan fingerprint density at radius 3 is 2.77 bits per heavy atom. The van der Waals surface area contributed by atoms with E-state index in [2.05, 4.69) is 28.8 Å². The zero-order chi connectivity index (χ0) is 15.3. The molecule has 1 heterocycles. The minimum atomic E-state index is 0. The Morgan fingerprint density at radius 2 is 2.14 bits per heavy atom. The number of nitrogens with zero attached hydrogens (tertiary/aromatic N) is 2. The van der Waals surface area contributed by atoms with Gasteiger partial charge < -0.3 is 19.7 Å². The number of hydrogen-bond donors (Lipinski definition) is 1. The van der Waals surface area contributed by atoms with Crippen LogP contribution in [0.5, 0.6) is 0 Å². The fourth-order valence-electron chi connectivity index (χ4n) is 2.33. The number of halogens is 1. The van der Waals surface area contributed by atoms with Gasteiger partial charge in [0.15, 0.2) is 5.96 Å². The van der Waals surface area contributed by atoms with Gasteiger partial charge >= 0.3 is 0 Å². The molecule has 1 N–H and O–H groups in total. The Balaban J connectivity index is 0.00000441. The van der Waals surface area contributed by atoms with Crippen LogP contribution in [0.25, 0.3) is 0 Å². The molecule has 1 saturated heterocycles. The van der Waals surface area contributed by atoms with Gasteiger partial charge in [-0.2, -0.15) is 0 Å². The van der Waals surface area contributed by atoms with Crippen LogP contribution in [0.1, 0.15) is 32.1 Å². The summed E-state index contributed by atoms with van der Waals surface area (Å²) in [6.45, 7) is 8.10. The molecule has 22 heavy (non-hydrogen) atoms. The van der Waals surface area contributed by atoms with Gasteiger partial charge in [0.25, 0.3) is 0 Å². The zero-order valence-electron chi connectivity index (χ0n) is 14.1. The summed E-state index contributed by atoms with van der Waals surface area (Å²) in [5, 5.41) is 3.38. The Morgan fingerprint density at radius 1 is 1.41 bits per heavy atom. The summed E-state index contributed by atoms with van der Waals surface area (Å²) < 4.78 is 11.2. The first kappa shape index (κ1) is 21.7. The largest absolute Gasteiger partial charge is 0.381 e. The number of rotatable bonds is 9. The van der Waals surface area contributed by atoms with Crippen LogP contribution in [0.15, 0.2) is 17.6 Å². The lowest BCUT2D eigenvalue weighted by atomic mass is 10.1. The second-order valence-electron chi connectivity index (χ2n) is 5.36. The van der Waals surface area contributed by atoms with Crippen LogP contribution in [0, 0.1) is 0 Å². The molecular formula is C16H32IN3O2. The van der Waals surface area contributed by atoms with Crippen molar-refractivity contribution < 1.29 is 9.47 Å². The lowest BCUT2D eigenvalue weighted by Crippen LogP contribution is -2.40. The fraction of sp³-hybridized carbons (Fsp3) is 0.812. The Labute approximate surface area is 152 Å². The molecular weight excluding hydrogens is 393 g/mol. The van der Waals surface area contributed by atoms with Crippen LogP contribution in [0.4, 0.5) is 0 Å². The number of nitrogens with one attached hydrogen (secondary N) is 1. The van der Waals surface area contributed by atoms with E-state index in [1.165, 1.54) is 0 Å². The van der Waals surface area contributed by atoms with Crippen LogP contribution in [-0.4, -0.2) is 64.0 Å². The number of unbranched alkanes of at least 4 members (excludes halogenated alkanes) is 1. The topological polar surface area (TPSA) is 46.1 Å². The molecule has 1 aliphatic heterocycles. The Kier molecular flexibility index (Phi) is 14.0. The van der Waals surface area contributed by atoms with Crippen molar-refractivity contribution in [2.75, 3.05) is 47.0 Å². The van der Waals surface area contributed by atoms with Gasteiger partial charge in [-0.05, 0) is 32.1 Å². The minimum absolute atomic E-state index is 0. The van der Waals surface area contributed by atoms with Gasteiger partial charge in [0, 0.05) is 47.0 Å². The summed E-state index contributed by atoms with van der Waals surface area (Å²) in [6.07, 6.45) is 7.55. The standard InChI is InChI=1S/C16H31N3O2.HI/c1-4-5-6-11-19(3)16(17-2)18-10-7-12-21-15-8-13-20-14-9-15;/h4,15H,1,5-14H2,2-3H3,(H,17,18);1H. The molecule has 0 saturated carbocycles. The third-order valence-electron chi connectivity index (χ3n) is 3.60. The highest BCUT2D eigenvalue weighted by Gasteiger charge is 2.13. The summed E-state index contributed by atoms with van der Waals surface area (Å²) >= 11 is 0.